The standard InChI is InChI=1S/C16H28N4/c1-6-7-8-12(2)9-10-19-15(5)20-14(4)16(11-17)13(3)18/h12H,3,6-10,18H2,1-2,4-5H3,(H,19,20)/b16-14-. The minimum Gasteiger partial charge on any atom is -0.398 e. The maximum atomic E-state index is 8.98. The molecule has 0 fully saturated rings. The van der Waals surface area contributed by atoms with Crippen LogP contribution in [0.2, 0.25) is 0 Å². The third kappa shape index (κ3) is 7.63. The molecule has 1 unspecified atom stereocenters. The third-order valence-corrected chi connectivity index (χ3v) is 3.20. The molecule has 0 bridgehead atoms. The topological polar surface area (TPSA) is 74.2 Å². The van der Waals surface area contributed by atoms with Gasteiger partial charge in [0.15, 0.2) is 0 Å². The molecule has 0 aromatic carbocycles. The summed E-state index contributed by atoms with van der Waals surface area (Å²) in [5.74, 6) is 1.51. The summed E-state index contributed by atoms with van der Waals surface area (Å²) in [4.78, 5) is 4.48. The largest absolute Gasteiger partial charge is 0.398 e. The van der Waals surface area contributed by atoms with Crippen molar-refractivity contribution in [3.8, 4) is 6.07 Å². The van der Waals surface area contributed by atoms with Crippen molar-refractivity contribution >= 4 is 5.84 Å². The predicted molar refractivity (Wildman–Crippen MR) is 86.1 cm³/mol. The van der Waals surface area contributed by atoms with Crippen molar-refractivity contribution in [2.75, 3.05) is 6.54 Å². The number of nitrogens with zero attached hydrogens (tertiary/aromatic N) is 2. The van der Waals surface area contributed by atoms with Gasteiger partial charge in [0.2, 0.25) is 0 Å². The molecule has 0 saturated heterocycles. The van der Waals surface area contributed by atoms with Crippen LogP contribution in [-0.4, -0.2) is 12.4 Å². The second kappa shape index (κ2) is 10.1. The minimum absolute atomic E-state index is 0.276. The number of amidine groups is 1. The van der Waals surface area contributed by atoms with Crippen molar-refractivity contribution in [1.29, 1.82) is 5.26 Å². The van der Waals surface area contributed by atoms with Crippen LogP contribution in [-0.2, 0) is 0 Å². The van der Waals surface area contributed by atoms with Crippen molar-refractivity contribution in [3.05, 3.63) is 23.5 Å². The lowest BCUT2D eigenvalue weighted by molar-refractivity contribution is 0.478. The third-order valence-electron chi connectivity index (χ3n) is 3.20. The summed E-state index contributed by atoms with van der Waals surface area (Å²) in [6.07, 6.45) is 4.89. The van der Waals surface area contributed by atoms with Gasteiger partial charge in [0.25, 0.3) is 0 Å². The molecule has 0 spiro atoms. The van der Waals surface area contributed by atoms with Crippen LogP contribution < -0.4 is 11.1 Å². The number of nitrogens with one attached hydrogen (secondary N) is 1. The zero-order valence-electron chi connectivity index (χ0n) is 13.3. The van der Waals surface area contributed by atoms with Crippen LogP contribution in [0.5, 0.6) is 0 Å². The van der Waals surface area contributed by atoms with Gasteiger partial charge < -0.3 is 11.1 Å². The van der Waals surface area contributed by atoms with E-state index in [2.05, 4.69) is 30.7 Å². The van der Waals surface area contributed by atoms with E-state index in [0.29, 0.717) is 17.2 Å². The molecule has 112 valence electrons. The predicted octanol–water partition coefficient (Wildman–Crippen LogP) is 3.48. The molecular formula is C16H28N4. The van der Waals surface area contributed by atoms with Gasteiger partial charge in [-0.15, -0.1) is 0 Å². The summed E-state index contributed by atoms with van der Waals surface area (Å²) in [6.45, 7) is 12.6. The molecule has 0 aromatic rings. The van der Waals surface area contributed by atoms with Gasteiger partial charge >= 0.3 is 0 Å². The Hall–Kier alpha value is -1.76. The highest BCUT2D eigenvalue weighted by molar-refractivity contribution is 5.81. The first kappa shape index (κ1) is 18.2. The number of nitriles is 1. The van der Waals surface area contributed by atoms with Crippen LogP contribution in [0.3, 0.4) is 0 Å². The van der Waals surface area contributed by atoms with Crippen molar-refractivity contribution in [2.24, 2.45) is 16.6 Å². The lowest BCUT2D eigenvalue weighted by atomic mass is 10.0. The molecular weight excluding hydrogens is 248 g/mol. The van der Waals surface area contributed by atoms with Gasteiger partial charge in [-0.1, -0.05) is 39.7 Å². The SMILES string of the molecule is C=C(N)/C(C#N)=C(/C)NC(C)=NCCC(C)CCCC. The van der Waals surface area contributed by atoms with Gasteiger partial charge in [-0.3, -0.25) is 4.99 Å². The van der Waals surface area contributed by atoms with Crippen LogP contribution in [0, 0.1) is 17.2 Å². The zero-order valence-corrected chi connectivity index (χ0v) is 13.3. The zero-order chi connectivity index (χ0) is 15.5. The first-order chi connectivity index (χ1) is 9.42. The van der Waals surface area contributed by atoms with E-state index in [-0.39, 0.29) is 5.70 Å². The first-order valence-electron chi connectivity index (χ1n) is 7.26. The van der Waals surface area contributed by atoms with Crippen LogP contribution >= 0.6 is 0 Å². The molecule has 4 nitrogen and oxygen atoms in total. The Morgan fingerprint density at radius 1 is 1.40 bits per heavy atom. The highest BCUT2D eigenvalue weighted by Crippen LogP contribution is 2.11. The second-order valence-corrected chi connectivity index (χ2v) is 5.27. The van der Waals surface area contributed by atoms with Crippen LogP contribution in [0.1, 0.15) is 53.4 Å². The molecule has 4 heteroatoms. The van der Waals surface area contributed by atoms with Crippen molar-refractivity contribution < 1.29 is 0 Å². The Labute approximate surface area is 123 Å². The average Bonchev–Trinajstić information content (AvgIpc) is 2.36. The van der Waals surface area contributed by atoms with Gasteiger partial charge in [0.1, 0.15) is 6.07 Å². The van der Waals surface area contributed by atoms with Crippen molar-refractivity contribution in [2.45, 2.75) is 53.4 Å². The molecule has 0 heterocycles. The fourth-order valence-electron chi connectivity index (χ4n) is 1.92. The Bertz CT molecular complexity index is 413. The van der Waals surface area contributed by atoms with Gasteiger partial charge in [-0.25, -0.2) is 0 Å². The molecule has 0 rings (SSSR count). The minimum atomic E-state index is 0.276. The number of nitrogens with two attached hydrogens (primary N) is 1. The van der Waals surface area contributed by atoms with E-state index in [1.54, 1.807) is 6.92 Å². The number of hydrogen-bond acceptors (Lipinski definition) is 3. The molecule has 1 atom stereocenters. The Morgan fingerprint density at radius 3 is 2.55 bits per heavy atom. The molecule has 20 heavy (non-hydrogen) atoms. The fraction of sp³-hybridized carbons (Fsp3) is 0.625. The van der Waals surface area contributed by atoms with E-state index in [0.717, 1.165) is 18.8 Å². The summed E-state index contributed by atoms with van der Waals surface area (Å²) in [5.41, 5.74) is 6.91. The monoisotopic (exact) mass is 276 g/mol. The van der Waals surface area contributed by atoms with E-state index in [1.807, 2.05) is 13.0 Å². The summed E-state index contributed by atoms with van der Waals surface area (Å²) in [5, 5.41) is 12.1. The van der Waals surface area contributed by atoms with Crippen LogP contribution in [0.25, 0.3) is 0 Å². The van der Waals surface area contributed by atoms with E-state index >= 15 is 0 Å². The number of aliphatic imine (C=N–C) groups is 1. The van der Waals surface area contributed by atoms with Crippen molar-refractivity contribution in [1.82, 2.24) is 5.32 Å². The van der Waals surface area contributed by atoms with Crippen molar-refractivity contribution in [3.63, 3.8) is 0 Å². The Morgan fingerprint density at radius 2 is 2.05 bits per heavy atom. The molecule has 0 aliphatic heterocycles. The highest BCUT2D eigenvalue weighted by Gasteiger charge is 2.04. The second-order valence-electron chi connectivity index (χ2n) is 5.27. The van der Waals surface area contributed by atoms with Gasteiger partial charge in [-0.2, -0.15) is 5.26 Å². The van der Waals surface area contributed by atoms with E-state index in [1.165, 1.54) is 19.3 Å². The molecule has 3 N–H and O–H groups in total. The summed E-state index contributed by atoms with van der Waals surface area (Å²) in [7, 11) is 0. The molecule has 0 aliphatic rings. The molecule has 0 amide bonds. The number of rotatable bonds is 8. The van der Waals surface area contributed by atoms with Crippen LogP contribution in [0.15, 0.2) is 28.5 Å². The maximum Gasteiger partial charge on any atom is 0.103 e. The Kier molecular flexibility index (Phi) is 9.19. The summed E-state index contributed by atoms with van der Waals surface area (Å²) < 4.78 is 0. The van der Waals surface area contributed by atoms with E-state index in [4.69, 9.17) is 11.0 Å². The van der Waals surface area contributed by atoms with Gasteiger partial charge in [0, 0.05) is 17.9 Å². The summed E-state index contributed by atoms with van der Waals surface area (Å²) in [6, 6.07) is 2.04. The number of unbranched alkanes of at least 4 members (excludes halogenated alkanes) is 1. The smallest absolute Gasteiger partial charge is 0.103 e. The van der Waals surface area contributed by atoms with Gasteiger partial charge in [-0.05, 0) is 26.2 Å². The lowest BCUT2D eigenvalue weighted by Gasteiger charge is -2.11. The Balaban J connectivity index is 4.34. The fourth-order valence-corrected chi connectivity index (χ4v) is 1.92. The van der Waals surface area contributed by atoms with Crippen LogP contribution in [0.4, 0.5) is 0 Å². The average molecular weight is 276 g/mol. The van der Waals surface area contributed by atoms with E-state index < -0.39 is 0 Å². The highest BCUT2D eigenvalue weighted by atomic mass is 15.0. The molecule has 0 aliphatic carbocycles. The number of hydrogen-bond donors (Lipinski definition) is 2. The first-order valence-corrected chi connectivity index (χ1v) is 7.26. The maximum absolute atomic E-state index is 8.98. The molecule has 0 saturated carbocycles. The number of allylic oxidation sites excluding steroid dienone is 2. The van der Waals surface area contributed by atoms with Gasteiger partial charge in [0.05, 0.1) is 11.4 Å². The normalized spacial score (nSPS) is 14.2. The summed E-state index contributed by atoms with van der Waals surface area (Å²) >= 11 is 0. The molecule has 0 radical (unpaired) electrons. The van der Waals surface area contributed by atoms with E-state index in [9.17, 15) is 0 Å². The molecule has 0 aromatic heterocycles. The lowest BCUT2D eigenvalue weighted by Crippen LogP contribution is -2.21. The quantitative estimate of drug-likeness (QED) is 0.308.